The van der Waals surface area contributed by atoms with Crippen molar-refractivity contribution in [3.05, 3.63) is 68.9 Å². The molecular formula is C23H27NO2. The molecular weight excluding hydrogens is 322 g/mol. The summed E-state index contributed by atoms with van der Waals surface area (Å²) in [5, 5.41) is 1.31. The van der Waals surface area contributed by atoms with Crippen LogP contribution in [0.15, 0.2) is 24.3 Å². The summed E-state index contributed by atoms with van der Waals surface area (Å²) in [6.07, 6.45) is 0.797. The van der Waals surface area contributed by atoms with E-state index in [-0.39, 0.29) is 5.97 Å². The Bertz CT molecular complexity index is 1020. The number of methoxy groups -OCH3 is 1. The lowest BCUT2D eigenvalue weighted by molar-refractivity contribution is 0.0600. The third-order valence-corrected chi connectivity index (χ3v) is 5.89. The number of hydrogen-bond donors (Lipinski definition) is 0. The van der Waals surface area contributed by atoms with Crippen LogP contribution in [0.4, 0.5) is 0 Å². The zero-order valence-corrected chi connectivity index (χ0v) is 16.8. The summed E-state index contributed by atoms with van der Waals surface area (Å²) >= 11 is 0. The Morgan fingerprint density at radius 1 is 0.962 bits per heavy atom. The number of benzene rings is 2. The average molecular weight is 349 g/mol. The highest BCUT2D eigenvalue weighted by atomic mass is 16.5. The van der Waals surface area contributed by atoms with E-state index in [0.717, 1.165) is 12.0 Å². The number of aryl methyl sites for hydroxylation is 4. The molecule has 0 atom stereocenters. The normalized spacial score (nSPS) is 11.2. The zero-order chi connectivity index (χ0) is 19.2. The SMILES string of the molecule is COC(=O)c1ccc(C)c(Cc2cc3c(C)c(C)c(C)cc3n2C)c1C. The Morgan fingerprint density at radius 2 is 1.65 bits per heavy atom. The van der Waals surface area contributed by atoms with Crippen molar-refractivity contribution in [2.75, 3.05) is 7.11 Å². The van der Waals surface area contributed by atoms with Gasteiger partial charge in [0.2, 0.25) is 0 Å². The molecule has 3 rings (SSSR count). The van der Waals surface area contributed by atoms with Crippen LogP contribution in [0.2, 0.25) is 0 Å². The van der Waals surface area contributed by atoms with Crippen LogP contribution in [0.3, 0.4) is 0 Å². The Hall–Kier alpha value is -2.55. The van der Waals surface area contributed by atoms with Crippen molar-refractivity contribution < 1.29 is 9.53 Å². The lowest BCUT2D eigenvalue weighted by Gasteiger charge is -2.14. The summed E-state index contributed by atoms with van der Waals surface area (Å²) in [5.41, 5.74) is 10.6. The van der Waals surface area contributed by atoms with E-state index in [1.54, 1.807) is 0 Å². The van der Waals surface area contributed by atoms with Gasteiger partial charge in [-0.2, -0.15) is 0 Å². The molecule has 0 unspecified atom stereocenters. The maximum absolute atomic E-state index is 12.1. The van der Waals surface area contributed by atoms with Gasteiger partial charge in [0, 0.05) is 30.1 Å². The van der Waals surface area contributed by atoms with Crippen LogP contribution >= 0.6 is 0 Å². The van der Waals surface area contributed by atoms with Gasteiger partial charge >= 0.3 is 5.97 Å². The molecule has 1 aromatic heterocycles. The van der Waals surface area contributed by atoms with Crippen LogP contribution in [0.5, 0.6) is 0 Å². The smallest absolute Gasteiger partial charge is 0.338 e. The highest BCUT2D eigenvalue weighted by Crippen LogP contribution is 2.30. The molecule has 0 N–H and O–H groups in total. The van der Waals surface area contributed by atoms with E-state index in [4.69, 9.17) is 4.74 Å². The van der Waals surface area contributed by atoms with Gasteiger partial charge < -0.3 is 9.30 Å². The monoisotopic (exact) mass is 349 g/mol. The topological polar surface area (TPSA) is 31.2 Å². The molecule has 3 aromatic rings. The van der Waals surface area contributed by atoms with Gasteiger partial charge in [-0.25, -0.2) is 4.79 Å². The minimum atomic E-state index is -0.275. The molecule has 0 bridgehead atoms. The Kier molecular flexibility index (Phi) is 4.66. The van der Waals surface area contributed by atoms with E-state index < -0.39 is 0 Å². The van der Waals surface area contributed by atoms with Crippen molar-refractivity contribution in [1.82, 2.24) is 4.57 Å². The van der Waals surface area contributed by atoms with E-state index >= 15 is 0 Å². The van der Waals surface area contributed by atoms with Crippen LogP contribution in [-0.4, -0.2) is 17.6 Å². The highest BCUT2D eigenvalue weighted by Gasteiger charge is 2.17. The van der Waals surface area contributed by atoms with Crippen LogP contribution in [0.1, 0.15) is 49.4 Å². The number of ether oxygens (including phenoxy) is 1. The number of rotatable bonds is 3. The van der Waals surface area contributed by atoms with Gasteiger partial charge in [0.1, 0.15) is 0 Å². The van der Waals surface area contributed by atoms with Gasteiger partial charge in [-0.05, 0) is 86.2 Å². The van der Waals surface area contributed by atoms with E-state index in [0.29, 0.717) is 5.56 Å². The summed E-state index contributed by atoms with van der Waals surface area (Å²) in [6, 6.07) is 8.43. The maximum Gasteiger partial charge on any atom is 0.338 e. The summed E-state index contributed by atoms with van der Waals surface area (Å²) < 4.78 is 7.21. The summed E-state index contributed by atoms with van der Waals surface area (Å²) in [7, 11) is 3.55. The first-order valence-electron chi connectivity index (χ1n) is 8.98. The molecule has 3 heteroatoms. The summed E-state index contributed by atoms with van der Waals surface area (Å²) in [5.74, 6) is -0.275. The molecule has 0 amide bonds. The number of fused-ring (bicyclic) bond motifs is 1. The van der Waals surface area contributed by atoms with Crippen molar-refractivity contribution in [2.24, 2.45) is 7.05 Å². The molecule has 0 aliphatic heterocycles. The van der Waals surface area contributed by atoms with Crippen molar-refractivity contribution in [3.8, 4) is 0 Å². The van der Waals surface area contributed by atoms with E-state index in [2.05, 4.69) is 51.4 Å². The Balaban J connectivity index is 2.14. The number of carbonyl (C=O) groups is 1. The number of esters is 1. The number of aromatic nitrogens is 1. The number of carbonyl (C=O) groups excluding carboxylic acids is 1. The van der Waals surface area contributed by atoms with Gasteiger partial charge in [-0.1, -0.05) is 6.07 Å². The van der Waals surface area contributed by atoms with E-state index in [9.17, 15) is 4.79 Å². The fraction of sp³-hybridized carbons (Fsp3) is 0.348. The molecule has 2 aromatic carbocycles. The standard InChI is InChI=1S/C23H27NO2/c1-13-8-9-19(23(25)26-7)17(5)20(13)11-18-12-21-16(4)15(3)14(2)10-22(21)24(18)6/h8-10,12H,11H2,1-7H3. The largest absolute Gasteiger partial charge is 0.465 e. The maximum atomic E-state index is 12.1. The number of hydrogen-bond acceptors (Lipinski definition) is 2. The molecule has 0 saturated carbocycles. The zero-order valence-electron chi connectivity index (χ0n) is 16.8. The summed E-state index contributed by atoms with van der Waals surface area (Å²) in [4.78, 5) is 12.1. The van der Waals surface area contributed by atoms with E-state index in [1.165, 1.54) is 51.5 Å². The van der Waals surface area contributed by atoms with Crippen LogP contribution < -0.4 is 0 Å². The Labute approximate surface area is 155 Å². The second-order valence-electron chi connectivity index (χ2n) is 7.27. The van der Waals surface area contributed by atoms with Gasteiger partial charge in [-0.3, -0.25) is 0 Å². The van der Waals surface area contributed by atoms with Gasteiger partial charge in [0.15, 0.2) is 0 Å². The third-order valence-electron chi connectivity index (χ3n) is 5.89. The van der Waals surface area contributed by atoms with Gasteiger partial charge in [0.05, 0.1) is 12.7 Å². The Morgan fingerprint density at radius 3 is 2.31 bits per heavy atom. The lowest BCUT2D eigenvalue weighted by atomic mass is 9.94. The molecule has 0 aliphatic rings. The third kappa shape index (κ3) is 2.82. The quantitative estimate of drug-likeness (QED) is 0.616. The van der Waals surface area contributed by atoms with Crippen molar-refractivity contribution in [1.29, 1.82) is 0 Å². The predicted molar refractivity (Wildman–Crippen MR) is 107 cm³/mol. The molecule has 3 nitrogen and oxygen atoms in total. The highest BCUT2D eigenvalue weighted by molar-refractivity contribution is 5.91. The van der Waals surface area contributed by atoms with Gasteiger partial charge in [0.25, 0.3) is 0 Å². The van der Waals surface area contributed by atoms with Gasteiger partial charge in [-0.15, -0.1) is 0 Å². The minimum absolute atomic E-state index is 0.275. The van der Waals surface area contributed by atoms with Crippen molar-refractivity contribution in [2.45, 2.75) is 41.0 Å². The first-order valence-corrected chi connectivity index (χ1v) is 8.98. The molecule has 0 aliphatic carbocycles. The van der Waals surface area contributed by atoms with Crippen molar-refractivity contribution in [3.63, 3.8) is 0 Å². The molecule has 136 valence electrons. The first-order chi connectivity index (χ1) is 12.3. The summed E-state index contributed by atoms with van der Waals surface area (Å²) in [6.45, 7) is 10.7. The fourth-order valence-corrected chi connectivity index (χ4v) is 3.80. The minimum Gasteiger partial charge on any atom is -0.465 e. The molecule has 0 spiro atoms. The molecule has 1 heterocycles. The van der Waals surface area contributed by atoms with E-state index in [1.807, 2.05) is 19.1 Å². The van der Waals surface area contributed by atoms with Crippen LogP contribution in [-0.2, 0) is 18.2 Å². The van der Waals surface area contributed by atoms with Crippen LogP contribution in [0, 0.1) is 34.6 Å². The molecule has 0 fully saturated rings. The molecule has 0 radical (unpaired) electrons. The molecule has 0 saturated heterocycles. The first kappa shape index (κ1) is 18.2. The predicted octanol–water partition coefficient (Wildman–Crippen LogP) is 5.10. The lowest BCUT2D eigenvalue weighted by Crippen LogP contribution is -2.08. The van der Waals surface area contributed by atoms with Crippen molar-refractivity contribution >= 4 is 16.9 Å². The average Bonchev–Trinajstić information content (AvgIpc) is 2.92. The van der Waals surface area contributed by atoms with Crippen LogP contribution in [0.25, 0.3) is 10.9 Å². The second kappa shape index (κ2) is 6.64. The molecule has 26 heavy (non-hydrogen) atoms. The second-order valence-corrected chi connectivity index (χ2v) is 7.27. The number of nitrogens with zero attached hydrogens (tertiary/aromatic N) is 1. The fourth-order valence-electron chi connectivity index (χ4n) is 3.80.